The average molecular weight is 537 g/mol. The van der Waals surface area contributed by atoms with Crippen LogP contribution < -0.4 is 16.0 Å². The van der Waals surface area contributed by atoms with Crippen molar-refractivity contribution in [2.75, 3.05) is 38.6 Å². The number of halogens is 1. The van der Waals surface area contributed by atoms with Gasteiger partial charge in [-0.05, 0) is 50.3 Å². The Morgan fingerprint density at radius 3 is 2.65 bits per heavy atom. The Bertz CT molecular complexity index is 769. The summed E-state index contributed by atoms with van der Waals surface area (Å²) >= 11 is 0. The number of rotatable bonds is 9. The number of nitrogens with zero attached hydrogens (tertiary/aromatic N) is 2. The fraction of sp³-hybridized carbons (Fsp3) is 0.500. The summed E-state index contributed by atoms with van der Waals surface area (Å²) in [5, 5.41) is 10.3. The lowest BCUT2D eigenvalue weighted by atomic mass is 9.89. The van der Waals surface area contributed by atoms with E-state index >= 15 is 0 Å². The SMILES string of the molecule is CN=C(NCCCCNc1ccccn1)NCC1CCCOC1c1ccc(C)cc1.I. The number of ether oxygens (including phenoxy) is 1. The van der Waals surface area contributed by atoms with Crippen molar-refractivity contribution in [1.29, 1.82) is 0 Å². The molecule has 3 N–H and O–H groups in total. The summed E-state index contributed by atoms with van der Waals surface area (Å²) in [7, 11) is 1.83. The number of aryl methyl sites for hydroxylation is 1. The third-order valence-electron chi connectivity index (χ3n) is 5.47. The van der Waals surface area contributed by atoms with Crippen molar-refractivity contribution in [2.24, 2.45) is 10.9 Å². The summed E-state index contributed by atoms with van der Waals surface area (Å²) in [5.41, 5.74) is 2.56. The molecule has 2 aromatic rings. The number of guanidine groups is 1. The molecule has 2 atom stereocenters. The summed E-state index contributed by atoms with van der Waals surface area (Å²) in [5.74, 6) is 2.24. The van der Waals surface area contributed by atoms with Crippen LogP contribution in [-0.4, -0.2) is 44.2 Å². The molecular formula is C24H36IN5O. The maximum atomic E-state index is 6.13. The highest BCUT2D eigenvalue weighted by Crippen LogP contribution is 2.33. The van der Waals surface area contributed by atoms with Crippen LogP contribution in [0.3, 0.4) is 0 Å². The van der Waals surface area contributed by atoms with E-state index in [-0.39, 0.29) is 30.1 Å². The molecule has 1 aromatic heterocycles. The molecule has 2 unspecified atom stereocenters. The normalized spacial score (nSPS) is 18.7. The summed E-state index contributed by atoms with van der Waals surface area (Å²) in [6, 6.07) is 14.6. The Balaban J connectivity index is 0.00000341. The Kier molecular flexibility index (Phi) is 11.7. The molecule has 6 nitrogen and oxygen atoms in total. The molecule has 1 fully saturated rings. The van der Waals surface area contributed by atoms with Gasteiger partial charge in [-0.2, -0.15) is 0 Å². The molecule has 1 aliphatic heterocycles. The van der Waals surface area contributed by atoms with E-state index in [0.29, 0.717) is 5.92 Å². The zero-order valence-electron chi connectivity index (χ0n) is 18.6. The Morgan fingerprint density at radius 2 is 1.90 bits per heavy atom. The quantitative estimate of drug-likeness (QED) is 0.190. The van der Waals surface area contributed by atoms with E-state index in [1.807, 2.05) is 25.2 Å². The largest absolute Gasteiger partial charge is 0.373 e. The molecule has 0 aliphatic carbocycles. The van der Waals surface area contributed by atoms with Gasteiger partial charge in [0.2, 0.25) is 0 Å². The van der Waals surface area contributed by atoms with E-state index in [2.05, 4.69) is 57.1 Å². The molecule has 0 saturated carbocycles. The first-order valence-corrected chi connectivity index (χ1v) is 11.0. The predicted octanol–water partition coefficient (Wildman–Crippen LogP) is 4.53. The summed E-state index contributed by atoms with van der Waals surface area (Å²) < 4.78 is 6.13. The molecule has 2 heterocycles. The number of aliphatic imine (C=N–C) groups is 1. The molecule has 170 valence electrons. The van der Waals surface area contributed by atoms with Crippen LogP contribution in [0.1, 0.15) is 42.9 Å². The van der Waals surface area contributed by atoms with Gasteiger partial charge in [0.05, 0.1) is 6.10 Å². The molecule has 0 spiro atoms. The lowest BCUT2D eigenvalue weighted by Gasteiger charge is -2.32. The lowest BCUT2D eigenvalue weighted by molar-refractivity contribution is -0.0265. The van der Waals surface area contributed by atoms with Gasteiger partial charge in [0.25, 0.3) is 0 Å². The minimum absolute atomic E-state index is 0. The monoisotopic (exact) mass is 537 g/mol. The second-order valence-electron chi connectivity index (χ2n) is 7.83. The van der Waals surface area contributed by atoms with Gasteiger partial charge in [0, 0.05) is 45.4 Å². The molecule has 3 rings (SSSR count). The highest BCUT2D eigenvalue weighted by Gasteiger charge is 2.27. The first-order chi connectivity index (χ1) is 14.8. The van der Waals surface area contributed by atoms with E-state index in [1.54, 1.807) is 6.20 Å². The van der Waals surface area contributed by atoms with E-state index in [1.165, 1.54) is 17.5 Å². The Morgan fingerprint density at radius 1 is 1.10 bits per heavy atom. The van der Waals surface area contributed by atoms with Crippen molar-refractivity contribution in [1.82, 2.24) is 15.6 Å². The highest BCUT2D eigenvalue weighted by molar-refractivity contribution is 14.0. The van der Waals surface area contributed by atoms with Crippen LogP contribution in [0.5, 0.6) is 0 Å². The first kappa shape index (κ1) is 25.4. The fourth-order valence-electron chi connectivity index (χ4n) is 3.77. The number of hydrogen-bond donors (Lipinski definition) is 3. The van der Waals surface area contributed by atoms with Crippen molar-refractivity contribution < 1.29 is 4.74 Å². The van der Waals surface area contributed by atoms with Crippen molar-refractivity contribution in [3.05, 3.63) is 59.8 Å². The van der Waals surface area contributed by atoms with E-state index < -0.39 is 0 Å². The topological polar surface area (TPSA) is 70.6 Å². The number of unbranched alkanes of at least 4 members (excludes halogenated alkanes) is 1. The van der Waals surface area contributed by atoms with Crippen LogP contribution in [0, 0.1) is 12.8 Å². The summed E-state index contributed by atoms with van der Waals surface area (Å²) in [4.78, 5) is 8.65. The third kappa shape index (κ3) is 8.65. The lowest BCUT2D eigenvalue weighted by Crippen LogP contribution is -2.42. The van der Waals surface area contributed by atoms with E-state index in [9.17, 15) is 0 Å². The van der Waals surface area contributed by atoms with Crippen LogP contribution in [0.2, 0.25) is 0 Å². The van der Waals surface area contributed by atoms with Crippen LogP contribution in [0.4, 0.5) is 5.82 Å². The molecule has 31 heavy (non-hydrogen) atoms. The maximum Gasteiger partial charge on any atom is 0.190 e. The van der Waals surface area contributed by atoms with Gasteiger partial charge in [-0.3, -0.25) is 4.99 Å². The summed E-state index contributed by atoms with van der Waals surface area (Å²) in [6.07, 6.45) is 6.39. The van der Waals surface area contributed by atoms with E-state index in [0.717, 1.165) is 57.3 Å². The van der Waals surface area contributed by atoms with Gasteiger partial charge in [0.15, 0.2) is 5.96 Å². The molecule has 1 aliphatic rings. The number of hydrogen-bond acceptors (Lipinski definition) is 4. The predicted molar refractivity (Wildman–Crippen MR) is 139 cm³/mol. The molecule has 1 saturated heterocycles. The van der Waals surface area contributed by atoms with Gasteiger partial charge in [-0.1, -0.05) is 35.9 Å². The molecule has 0 bridgehead atoms. The van der Waals surface area contributed by atoms with Crippen molar-refractivity contribution in [2.45, 2.75) is 38.7 Å². The molecular weight excluding hydrogens is 501 g/mol. The standard InChI is InChI=1S/C24H35N5O.HI/c1-19-10-12-20(13-11-19)23-21(8-7-17-30-23)18-29-24(25-2)28-16-6-5-15-27-22-9-3-4-14-26-22;/h3-4,9-14,21,23H,5-8,15-18H2,1-2H3,(H,26,27)(H2,25,28,29);1H. The van der Waals surface area contributed by atoms with Gasteiger partial charge >= 0.3 is 0 Å². The second kappa shape index (κ2) is 14.2. The zero-order chi connectivity index (χ0) is 21.0. The Labute approximate surface area is 203 Å². The number of aromatic nitrogens is 1. The fourth-order valence-corrected chi connectivity index (χ4v) is 3.77. The van der Waals surface area contributed by atoms with Crippen LogP contribution in [0.15, 0.2) is 53.7 Å². The molecule has 0 radical (unpaired) electrons. The second-order valence-corrected chi connectivity index (χ2v) is 7.83. The number of anilines is 1. The smallest absolute Gasteiger partial charge is 0.190 e. The number of pyridine rings is 1. The van der Waals surface area contributed by atoms with Crippen LogP contribution >= 0.6 is 24.0 Å². The third-order valence-corrected chi connectivity index (χ3v) is 5.47. The molecule has 1 aromatic carbocycles. The average Bonchev–Trinajstić information content (AvgIpc) is 2.79. The minimum Gasteiger partial charge on any atom is -0.373 e. The zero-order valence-corrected chi connectivity index (χ0v) is 21.0. The molecule has 0 amide bonds. The van der Waals surface area contributed by atoms with Crippen LogP contribution in [-0.2, 0) is 4.74 Å². The summed E-state index contributed by atoms with van der Waals surface area (Å²) in [6.45, 7) is 5.64. The maximum absolute atomic E-state index is 6.13. The highest BCUT2D eigenvalue weighted by atomic mass is 127. The van der Waals surface area contributed by atoms with Gasteiger partial charge in [-0.25, -0.2) is 4.98 Å². The minimum atomic E-state index is 0. The van der Waals surface area contributed by atoms with Gasteiger partial charge in [0.1, 0.15) is 5.82 Å². The first-order valence-electron chi connectivity index (χ1n) is 11.0. The number of nitrogens with one attached hydrogen (secondary N) is 3. The van der Waals surface area contributed by atoms with Gasteiger partial charge in [-0.15, -0.1) is 24.0 Å². The van der Waals surface area contributed by atoms with Crippen LogP contribution in [0.25, 0.3) is 0 Å². The van der Waals surface area contributed by atoms with E-state index in [4.69, 9.17) is 4.74 Å². The Hall–Kier alpha value is -1.87. The van der Waals surface area contributed by atoms with Crippen molar-refractivity contribution in [3.8, 4) is 0 Å². The number of benzene rings is 1. The molecule has 7 heteroatoms. The van der Waals surface area contributed by atoms with Crippen molar-refractivity contribution >= 4 is 35.8 Å². The van der Waals surface area contributed by atoms with Crippen molar-refractivity contribution in [3.63, 3.8) is 0 Å². The van der Waals surface area contributed by atoms with Gasteiger partial charge < -0.3 is 20.7 Å².